The largest absolute Gasteiger partial charge is 0.381 e. The van der Waals surface area contributed by atoms with E-state index in [2.05, 4.69) is 29.5 Å². The second kappa shape index (κ2) is 5.17. The van der Waals surface area contributed by atoms with Gasteiger partial charge in [0, 0.05) is 12.1 Å². The predicted octanol–water partition coefficient (Wildman–Crippen LogP) is 2.18. The highest BCUT2D eigenvalue weighted by atomic mass is 16.2. The minimum absolute atomic E-state index is 0.0670. The molecule has 4 heteroatoms. The van der Waals surface area contributed by atoms with Crippen LogP contribution in [0.2, 0.25) is 0 Å². The van der Waals surface area contributed by atoms with Crippen molar-refractivity contribution in [3.05, 3.63) is 24.0 Å². The van der Waals surface area contributed by atoms with Crippen molar-refractivity contribution in [2.75, 3.05) is 5.32 Å². The van der Waals surface area contributed by atoms with Gasteiger partial charge in [-0.1, -0.05) is 6.92 Å². The molecule has 17 heavy (non-hydrogen) atoms. The molecular weight excluding hydrogens is 214 g/mol. The fourth-order valence-electron chi connectivity index (χ4n) is 1.49. The normalized spacial score (nSPS) is 16.4. The molecule has 0 saturated heterocycles. The molecule has 2 N–H and O–H groups in total. The topological polar surface area (TPSA) is 54.0 Å². The van der Waals surface area contributed by atoms with Crippen molar-refractivity contribution in [2.45, 2.75) is 45.2 Å². The molecule has 1 aliphatic carbocycles. The van der Waals surface area contributed by atoms with E-state index in [1.807, 2.05) is 6.07 Å². The fourth-order valence-corrected chi connectivity index (χ4v) is 1.49. The lowest BCUT2D eigenvalue weighted by molar-refractivity contribution is 0.0946. The summed E-state index contributed by atoms with van der Waals surface area (Å²) in [6.45, 7) is 4.25. The number of aromatic nitrogens is 1. The molecule has 1 fully saturated rings. The van der Waals surface area contributed by atoms with Crippen molar-refractivity contribution in [2.24, 2.45) is 0 Å². The summed E-state index contributed by atoms with van der Waals surface area (Å²) in [5, 5.41) is 6.24. The minimum atomic E-state index is -0.0670. The van der Waals surface area contributed by atoms with E-state index in [0.29, 0.717) is 17.8 Å². The van der Waals surface area contributed by atoms with E-state index < -0.39 is 0 Å². The lowest BCUT2D eigenvalue weighted by atomic mass is 10.2. The zero-order chi connectivity index (χ0) is 12.3. The van der Waals surface area contributed by atoms with Crippen molar-refractivity contribution in [1.82, 2.24) is 10.3 Å². The molecule has 1 saturated carbocycles. The first-order valence-electron chi connectivity index (χ1n) is 6.22. The van der Waals surface area contributed by atoms with Crippen LogP contribution in [0.5, 0.6) is 0 Å². The molecule has 0 spiro atoms. The van der Waals surface area contributed by atoms with Crippen LogP contribution < -0.4 is 10.6 Å². The lowest BCUT2D eigenvalue weighted by Crippen LogP contribution is -2.26. The Morgan fingerprint density at radius 2 is 2.29 bits per heavy atom. The number of carbonyl (C=O) groups excluding carboxylic acids is 1. The number of carbonyl (C=O) groups is 1. The maximum atomic E-state index is 11.7. The Balaban J connectivity index is 1.94. The maximum Gasteiger partial charge on any atom is 0.270 e. The van der Waals surface area contributed by atoms with Gasteiger partial charge in [-0.25, -0.2) is 4.98 Å². The van der Waals surface area contributed by atoms with E-state index in [1.165, 1.54) is 0 Å². The molecule has 1 amide bonds. The van der Waals surface area contributed by atoms with Gasteiger partial charge in [0.05, 0.1) is 11.9 Å². The summed E-state index contributed by atoms with van der Waals surface area (Å²) in [6.07, 6.45) is 4.97. The summed E-state index contributed by atoms with van der Waals surface area (Å²) >= 11 is 0. The SMILES string of the molecule is CCC(C)Nc1ccc(C(=O)NC2CC2)nc1. The van der Waals surface area contributed by atoms with E-state index in [4.69, 9.17) is 0 Å². The van der Waals surface area contributed by atoms with Crippen LogP contribution in [-0.2, 0) is 0 Å². The van der Waals surface area contributed by atoms with Gasteiger partial charge < -0.3 is 10.6 Å². The van der Waals surface area contributed by atoms with Crippen LogP contribution in [0.15, 0.2) is 18.3 Å². The Kier molecular flexibility index (Phi) is 3.61. The molecule has 4 nitrogen and oxygen atoms in total. The molecule has 1 aliphatic rings. The summed E-state index contributed by atoms with van der Waals surface area (Å²) in [6, 6.07) is 4.47. The Labute approximate surface area is 102 Å². The molecule has 1 aromatic rings. The van der Waals surface area contributed by atoms with E-state index in [1.54, 1.807) is 12.3 Å². The van der Waals surface area contributed by atoms with E-state index >= 15 is 0 Å². The summed E-state index contributed by atoms with van der Waals surface area (Å²) in [5.74, 6) is -0.0670. The molecule has 1 heterocycles. The van der Waals surface area contributed by atoms with Gasteiger partial charge in [-0.15, -0.1) is 0 Å². The second-order valence-electron chi connectivity index (χ2n) is 4.63. The molecule has 0 bridgehead atoms. The molecule has 2 rings (SSSR count). The molecule has 1 atom stereocenters. The van der Waals surface area contributed by atoms with Crippen molar-refractivity contribution in [3.8, 4) is 0 Å². The predicted molar refractivity (Wildman–Crippen MR) is 68.1 cm³/mol. The smallest absolute Gasteiger partial charge is 0.270 e. The van der Waals surface area contributed by atoms with Crippen LogP contribution in [0.4, 0.5) is 5.69 Å². The zero-order valence-corrected chi connectivity index (χ0v) is 10.4. The number of hydrogen-bond acceptors (Lipinski definition) is 3. The third-order valence-electron chi connectivity index (χ3n) is 2.93. The number of nitrogens with zero attached hydrogens (tertiary/aromatic N) is 1. The van der Waals surface area contributed by atoms with Crippen LogP contribution in [0.25, 0.3) is 0 Å². The minimum Gasteiger partial charge on any atom is -0.381 e. The summed E-state index contributed by atoms with van der Waals surface area (Å²) in [4.78, 5) is 15.9. The Bertz CT molecular complexity index is 384. The van der Waals surface area contributed by atoms with Gasteiger partial charge in [0.15, 0.2) is 0 Å². The number of rotatable bonds is 5. The number of hydrogen-bond donors (Lipinski definition) is 2. The van der Waals surface area contributed by atoms with Crippen LogP contribution in [0.1, 0.15) is 43.6 Å². The first-order valence-corrected chi connectivity index (χ1v) is 6.22. The first kappa shape index (κ1) is 11.9. The Morgan fingerprint density at radius 3 is 2.82 bits per heavy atom. The molecule has 92 valence electrons. The number of amides is 1. The highest BCUT2D eigenvalue weighted by Crippen LogP contribution is 2.19. The summed E-state index contributed by atoms with van der Waals surface area (Å²) < 4.78 is 0. The second-order valence-corrected chi connectivity index (χ2v) is 4.63. The highest BCUT2D eigenvalue weighted by Gasteiger charge is 2.24. The summed E-state index contributed by atoms with van der Waals surface area (Å²) in [7, 11) is 0. The van der Waals surface area contributed by atoms with Gasteiger partial charge in [-0.2, -0.15) is 0 Å². The molecule has 0 radical (unpaired) electrons. The van der Waals surface area contributed by atoms with Gasteiger partial charge in [0.25, 0.3) is 5.91 Å². The molecule has 1 aromatic heterocycles. The lowest BCUT2D eigenvalue weighted by Gasteiger charge is -2.12. The van der Waals surface area contributed by atoms with Gasteiger partial charge in [0.1, 0.15) is 5.69 Å². The highest BCUT2D eigenvalue weighted by molar-refractivity contribution is 5.92. The summed E-state index contributed by atoms with van der Waals surface area (Å²) in [5.41, 5.74) is 1.45. The maximum absolute atomic E-state index is 11.7. The van der Waals surface area contributed by atoms with Crippen molar-refractivity contribution >= 4 is 11.6 Å². The van der Waals surface area contributed by atoms with E-state index in [-0.39, 0.29) is 5.91 Å². The van der Waals surface area contributed by atoms with Crippen molar-refractivity contribution in [1.29, 1.82) is 0 Å². The van der Waals surface area contributed by atoms with Gasteiger partial charge in [-0.05, 0) is 38.3 Å². The van der Waals surface area contributed by atoms with Crippen molar-refractivity contribution < 1.29 is 4.79 Å². The number of anilines is 1. The van der Waals surface area contributed by atoms with E-state index in [9.17, 15) is 4.79 Å². The fraction of sp³-hybridized carbons (Fsp3) is 0.538. The first-order chi connectivity index (χ1) is 8.19. The van der Waals surface area contributed by atoms with Gasteiger partial charge in [-0.3, -0.25) is 4.79 Å². The molecule has 0 aromatic carbocycles. The Hall–Kier alpha value is -1.58. The standard InChI is InChI=1S/C13H19N3O/c1-3-9(2)15-11-6-7-12(14-8-11)13(17)16-10-4-5-10/h6-10,15H,3-5H2,1-2H3,(H,16,17). The third-order valence-corrected chi connectivity index (χ3v) is 2.93. The van der Waals surface area contributed by atoms with Crippen LogP contribution in [0.3, 0.4) is 0 Å². The molecule has 0 aliphatic heterocycles. The van der Waals surface area contributed by atoms with E-state index in [0.717, 1.165) is 24.9 Å². The average Bonchev–Trinajstić information content (AvgIpc) is 3.13. The van der Waals surface area contributed by atoms with Gasteiger partial charge in [0.2, 0.25) is 0 Å². The van der Waals surface area contributed by atoms with Gasteiger partial charge >= 0.3 is 0 Å². The van der Waals surface area contributed by atoms with Crippen LogP contribution >= 0.6 is 0 Å². The number of pyridine rings is 1. The monoisotopic (exact) mass is 233 g/mol. The average molecular weight is 233 g/mol. The molecular formula is C13H19N3O. The quantitative estimate of drug-likeness (QED) is 0.819. The van der Waals surface area contributed by atoms with Crippen molar-refractivity contribution in [3.63, 3.8) is 0 Å². The number of nitrogens with one attached hydrogen (secondary N) is 2. The zero-order valence-electron chi connectivity index (χ0n) is 10.4. The molecule has 1 unspecified atom stereocenters. The van der Waals surface area contributed by atoms with Crippen LogP contribution in [-0.4, -0.2) is 23.0 Å². The third kappa shape index (κ3) is 3.44. The van der Waals surface area contributed by atoms with Crippen LogP contribution in [0, 0.1) is 0 Å². The Morgan fingerprint density at radius 1 is 1.53 bits per heavy atom.